The van der Waals surface area contributed by atoms with E-state index >= 15 is 0 Å². The first-order valence-electron chi connectivity index (χ1n) is 21.7. The maximum Gasteiger partial charge on any atom is 0.306 e. The van der Waals surface area contributed by atoms with Gasteiger partial charge >= 0.3 is 11.9 Å². The maximum atomic E-state index is 12.7. The number of rotatable bonds is 35. The summed E-state index contributed by atoms with van der Waals surface area (Å²) in [7, 11) is 0. The number of ether oxygens (including phenoxy) is 4. The standard InChI is InChI=1S/C45H78O10/c1-3-5-7-9-11-13-15-17-19-21-23-25-27-29-31-33-40(47)52-36-38(37-53-45-44(51)43(50)42(49)39(35-46)55-45)54-41(48)34-32-30-28-26-24-22-20-18-16-14-12-10-8-6-4-2/h11-14,17-20,38-39,42-46,49-51H,3-10,15-16,21-37H2,1-2H3/b13-11+,14-12+,19-17+,20-18+/t38-,39-,42+,43+,44-,45-/m1/s1. The Bertz CT molecular complexity index is 1040. The smallest absolute Gasteiger partial charge is 0.306 e. The van der Waals surface area contributed by atoms with Crippen molar-refractivity contribution >= 4 is 11.9 Å². The average Bonchev–Trinajstić information content (AvgIpc) is 3.18. The molecule has 55 heavy (non-hydrogen) atoms. The molecular weight excluding hydrogens is 700 g/mol. The average molecular weight is 779 g/mol. The number of hydrogen-bond acceptors (Lipinski definition) is 10. The first kappa shape index (κ1) is 50.7. The second-order valence-electron chi connectivity index (χ2n) is 14.8. The lowest BCUT2D eigenvalue weighted by atomic mass is 9.99. The number of unbranched alkanes of at least 4 members (excludes halogenated alkanes) is 16. The van der Waals surface area contributed by atoms with Gasteiger partial charge in [0.25, 0.3) is 0 Å². The minimum Gasteiger partial charge on any atom is -0.462 e. The molecule has 0 aromatic carbocycles. The molecule has 4 N–H and O–H groups in total. The Labute approximate surface area is 333 Å². The molecule has 10 nitrogen and oxygen atoms in total. The number of carbonyl (C=O) groups is 2. The Morgan fingerprint density at radius 1 is 0.564 bits per heavy atom. The minimum atomic E-state index is -1.60. The van der Waals surface area contributed by atoms with Crippen molar-refractivity contribution in [3.63, 3.8) is 0 Å². The number of esters is 2. The Hall–Kier alpha value is -2.34. The summed E-state index contributed by atoms with van der Waals surface area (Å²) < 4.78 is 22.1. The van der Waals surface area contributed by atoms with Gasteiger partial charge in [0.2, 0.25) is 0 Å². The van der Waals surface area contributed by atoms with Crippen LogP contribution in [0.5, 0.6) is 0 Å². The van der Waals surface area contributed by atoms with Gasteiger partial charge in [0.15, 0.2) is 12.4 Å². The molecule has 1 heterocycles. The van der Waals surface area contributed by atoms with Gasteiger partial charge < -0.3 is 39.4 Å². The first-order valence-corrected chi connectivity index (χ1v) is 21.7. The fourth-order valence-electron chi connectivity index (χ4n) is 6.19. The molecule has 1 fully saturated rings. The van der Waals surface area contributed by atoms with E-state index in [1.807, 2.05) is 0 Å². The Balaban J connectivity index is 2.38. The van der Waals surface area contributed by atoms with Gasteiger partial charge in [0, 0.05) is 12.8 Å². The SMILES string of the molecule is CCCCC/C=C/C/C=C/CCCCCCCC(=O)OC[C@H](CO[C@@H]1O[C@H](CO)[C@H](O)[C@H](O)[C@H]1O)OC(=O)CCCCCCC/C=C/C/C=C/CCCCC. The van der Waals surface area contributed by atoms with E-state index in [0.29, 0.717) is 12.8 Å². The molecule has 1 rings (SSSR count). The van der Waals surface area contributed by atoms with Crippen LogP contribution in [0.2, 0.25) is 0 Å². The number of allylic oxidation sites excluding steroid dienone is 8. The van der Waals surface area contributed by atoms with Crippen molar-refractivity contribution in [2.75, 3.05) is 19.8 Å². The normalized spacial score (nSPS) is 21.0. The molecule has 1 aliphatic rings. The van der Waals surface area contributed by atoms with E-state index < -0.39 is 55.4 Å². The highest BCUT2D eigenvalue weighted by Crippen LogP contribution is 2.22. The van der Waals surface area contributed by atoms with E-state index in [9.17, 15) is 30.0 Å². The van der Waals surface area contributed by atoms with Gasteiger partial charge in [0.05, 0.1) is 13.2 Å². The lowest BCUT2D eigenvalue weighted by Gasteiger charge is -2.39. The second kappa shape index (κ2) is 36.0. The molecule has 0 saturated carbocycles. The molecule has 0 spiro atoms. The van der Waals surface area contributed by atoms with Gasteiger partial charge in [-0.3, -0.25) is 9.59 Å². The highest BCUT2D eigenvalue weighted by molar-refractivity contribution is 5.70. The van der Waals surface area contributed by atoms with Crippen LogP contribution in [0.3, 0.4) is 0 Å². The Morgan fingerprint density at radius 2 is 1.02 bits per heavy atom. The van der Waals surface area contributed by atoms with E-state index in [2.05, 4.69) is 62.5 Å². The molecule has 0 bridgehead atoms. The molecule has 6 atom stereocenters. The van der Waals surface area contributed by atoms with Crippen molar-refractivity contribution in [1.82, 2.24) is 0 Å². The molecule has 1 saturated heterocycles. The number of aliphatic hydroxyl groups excluding tert-OH is 4. The molecule has 0 aliphatic carbocycles. The Kier molecular flexibility index (Phi) is 33.2. The van der Waals surface area contributed by atoms with Crippen LogP contribution in [-0.2, 0) is 28.5 Å². The van der Waals surface area contributed by atoms with Crippen LogP contribution in [-0.4, -0.2) is 89.0 Å². The summed E-state index contributed by atoms with van der Waals surface area (Å²) in [6, 6.07) is 0. The summed E-state index contributed by atoms with van der Waals surface area (Å²) in [5, 5.41) is 40.0. The van der Waals surface area contributed by atoms with E-state index in [1.54, 1.807) is 0 Å². The van der Waals surface area contributed by atoms with Gasteiger partial charge in [-0.05, 0) is 77.0 Å². The predicted molar refractivity (Wildman–Crippen MR) is 219 cm³/mol. The van der Waals surface area contributed by atoms with Crippen molar-refractivity contribution in [3.05, 3.63) is 48.6 Å². The van der Waals surface area contributed by atoms with Gasteiger partial charge in [-0.15, -0.1) is 0 Å². The molecule has 1 aliphatic heterocycles. The zero-order valence-electron chi connectivity index (χ0n) is 34.4. The van der Waals surface area contributed by atoms with Crippen molar-refractivity contribution in [3.8, 4) is 0 Å². The summed E-state index contributed by atoms with van der Waals surface area (Å²) in [6.45, 7) is 3.33. The van der Waals surface area contributed by atoms with Crippen LogP contribution in [0.4, 0.5) is 0 Å². The molecule has 318 valence electrons. The lowest BCUT2D eigenvalue weighted by molar-refractivity contribution is -0.305. The summed E-state index contributed by atoms with van der Waals surface area (Å²) in [4.78, 5) is 25.3. The summed E-state index contributed by atoms with van der Waals surface area (Å²) in [6.07, 6.45) is 33.9. The number of aliphatic hydroxyl groups is 4. The molecule has 10 heteroatoms. The molecular formula is C45H78O10. The Morgan fingerprint density at radius 3 is 1.51 bits per heavy atom. The van der Waals surface area contributed by atoms with Gasteiger partial charge in [0.1, 0.15) is 31.0 Å². The highest BCUT2D eigenvalue weighted by Gasteiger charge is 2.44. The molecule has 0 aromatic rings. The third kappa shape index (κ3) is 27.8. The van der Waals surface area contributed by atoms with E-state index in [1.165, 1.54) is 44.9 Å². The molecule has 0 amide bonds. The van der Waals surface area contributed by atoms with Crippen LogP contribution in [0.1, 0.15) is 168 Å². The largest absolute Gasteiger partial charge is 0.462 e. The van der Waals surface area contributed by atoms with Crippen molar-refractivity contribution < 1.29 is 49.0 Å². The van der Waals surface area contributed by atoms with Crippen LogP contribution in [0.15, 0.2) is 48.6 Å². The van der Waals surface area contributed by atoms with E-state index in [4.69, 9.17) is 18.9 Å². The number of hydrogen-bond donors (Lipinski definition) is 4. The summed E-state index contributed by atoms with van der Waals surface area (Å²) in [5.74, 6) is -0.842. The van der Waals surface area contributed by atoms with Gasteiger partial charge in [-0.25, -0.2) is 0 Å². The molecule has 0 radical (unpaired) electrons. The van der Waals surface area contributed by atoms with E-state index in [0.717, 1.165) is 83.5 Å². The quantitative estimate of drug-likeness (QED) is 0.0279. The zero-order chi connectivity index (χ0) is 40.2. The van der Waals surface area contributed by atoms with Crippen molar-refractivity contribution in [2.45, 2.75) is 205 Å². The second-order valence-corrected chi connectivity index (χ2v) is 14.8. The topological polar surface area (TPSA) is 152 Å². The third-order valence-corrected chi connectivity index (χ3v) is 9.69. The van der Waals surface area contributed by atoms with Crippen LogP contribution < -0.4 is 0 Å². The van der Waals surface area contributed by atoms with Crippen LogP contribution in [0.25, 0.3) is 0 Å². The van der Waals surface area contributed by atoms with Crippen molar-refractivity contribution in [2.24, 2.45) is 0 Å². The monoisotopic (exact) mass is 779 g/mol. The zero-order valence-corrected chi connectivity index (χ0v) is 34.4. The fourth-order valence-corrected chi connectivity index (χ4v) is 6.19. The van der Waals surface area contributed by atoms with Gasteiger partial charge in [-0.2, -0.15) is 0 Å². The number of carbonyl (C=O) groups excluding carboxylic acids is 2. The summed E-state index contributed by atoms with van der Waals surface area (Å²) in [5.41, 5.74) is 0. The predicted octanol–water partition coefficient (Wildman–Crippen LogP) is 8.88. The summed E-state index contributed by atoms with van der Waals surface area (Å²) >= 11 is 0. The maximum absolute atomic E-state index is 12.7. The molecule has 0 unspecified atom stereocenters. The lowest BCUT2D eigenvalue weighted by Crippen LogP contribution is -2.59. The first-order chi connectivity index (χ1) is 26.8. The third-order valence-electron chi connectivity index (χ3n) is 9.69. The van der Waals surface area contributed by atoms with Crippen molar-refractivity contribution in [1.29, 1.82) is 0 Å². The van der Waals surface area contributed by atoms with Crippen LogP contribution in [0, 0.1) is 0 Å². The fraction of sp³-hybridized carbons (Fsp3) is 0.778. The highest BCUT2D eigenvalue weighted by atomic mass is 16.7. The van der Waals surface area contributed by atoms with Crippen LogP contribution >= 0.6 is 0 Å². The van der Waals surface area contributed by atoms with E-state index in [-0.39, 0.29) is 26.1 Å². The molecule has 0 aromatic heterocycles. The minimum absolute atomic E-state index is 0.209. The van der Waals surface area contributed by atoms with Gasteiger partial charge in [-0.1, -0.05) is 127 Å².